The number of carbonyl (C=O) groups excluding carboxylic acids is 1. The Labute approximate surface area is 195 Å². The number of rotatable bonds is 8. The summed E-state index contributed by atoms with van der Waals surface area (Å²) in [5, 5.41) is 9.54. The van der Waals surface area contributed by atoms with Crippen LogP contribution in [-0.4, -0.2) is 71.3 Å². The van der Waals surface area contributed by atoms with Crippen molar-refractivity contribution in [2.75, 3.05) is 45.8 Å². The van der Waals surface area contributed by atoms with E-state index < -0.39 is 6.04 Å². The van der Waals surface area contributed by atoms with E-state index in [0.717, 1.165) is 67.8 Å². The largest absolute Gasteiger partial charge is 0.354 e. The molecule has 0 aliphatic carbocycles. The minimum absolute atomic E-state index is 0.0141. The summed E-state index contributed by atoms with van der Waals surface area (Å²) in [6, 6.07) is 15.3. The summed E-state index contributed by atoms with van der Waals surface area (Å²) >= 11 is 6.27. The van der Waals surface area contributed by atoms with Gasteiger partial charge in [0.1, 0.15) is 11.7 Å². The lowest BCUT2D eigenvalue weighted by Crippen LogP contribution is -2.46. The molecular weight excluding hydrogens is 422 g/mol. The lowest BCUT2D eigenvalue weighted by molar-refractivity contribution is -0.124. The monoisotopic (exact) mass is 453 g/mol. The first-order chi connectivity index (χ1) is 15.6. The van der Waals surface area contributed by atoms with Crippen LogP contribution in [0.5, 0.6) is 0 Å². The second-order valence-electron chi connectivity index (χ2n) is 8.42. The maximum Gasteiger partial charge on any atom is 0.244 e. The first kappa shape index (κ1) is 22.8. The van der Waals surface area contributed by atoms with Crippen LogP contribution in [0.4, 0.5) is 0 Å². The predicted molar refractivity (Wildman–Crippen MR) is 131 cm³/mol. The Hall–Kier alpha value is -2.41. The van der Waals surface area contributed by atoms with E-state index in [-0.39, 0.29) is 5.91 Å². The number of aromatic nitrogens is 2. The fourth-order valence-corrected chi connectivity index (χ4v) is 4.49. The Balaban J connectivity index is 1.40. The van der Waals surface area contributed by atoms with Crippen LogP contribution >= 0.6 is 11.6 Å². The van der Waals surface area contributed by atoms with Crippen molar-refractivity contribution < 1.29 is 4.79 Å². The fraction of sp³-hybridized carbons (Fsp3) is 0.440. The van der Waals surface area contributed by atoms with E-state index in [1.807, 2.05) is 60.1 Å². The molecule has 0 bridgehead atoms. The van der Waals surface area contributed by atoms with Crippen molar-refractivity contribution in [3.05, 3.63) is 53.6 Å². The van der Waals surface area contributed by atoms with Gasteiger partial charge in [-0.05, 0) is 44.6 Å². The second kappa shape index (κ2) is 10.5. The Morgan fingerprint density at radius 1 is 1.09 bits per heavy atom. The zero-order valence-electron chi connectivity index (χ0n) is 18.9. The van der Waals surface area contributed by atoms with Gasteiger partial charge in [-0.25, -0.2) is 0 Å². The van der Waals surface area contributed by atoms with Crippen LogP contribution in [0, 0.1) is 0 Å². The molecule has 0 radical (unpaired) electrons. The van der Waals surface area contributed by atoms with Crippen LogP contribution in [0.25, 0.3) is 22.2 Å². The van der Waals surface area contributed by atoms with Crippen LogP contribution in [0.3, 0.4) is 0 Å². The summed E-state index contributed by atoms with van der Waals surface area (Å²) in [5.74, 6) is -0.0141. The maximum absolute atomic E-state index is 12.9. The molecule has 3 aromatic rings. The van der Waals surface area contributed by atoms with Crippen molar-refractivity contribution in [1.82, 2.24) is 24.9 Å². The van der Waals surface area contributed by atoms with Gasteiger partial charge in [0.25, 0.3) is 0 Å². The quantitative estimate of drug-likeness (QED) is 0.522. The maximum atomic E-state index is 12.9. The SMILES string of the molecule is CCN1CCN(CCCNC(=O)[C@@H](C)n2nc(-c3ccccc3)c3cc(Cl)ccc32)CC1. The molecule has 0 spiro atoms. The van der Waals surface area contributed by atoms with E-state index in [1.54, 1.807) is 0 Å². The molecule has 6 nitrogen and oxygen atoms in total. The van der Waals surface area contributed by atoms with Gasteiger partial charge in [0.2, 0.25) is 5.91 Å². The standard InChI is InChI=1S/C25H32ClN5O/c1-3-29-14-16-30(17-15-29)13-7-12-27-25(32)19(2)31-23-11-10-21(26)18-22(23)24(28-31)20-8-5-4-6-9-20/h4-6,8-11,18-19H,3,7,12-17H2,1-2H3,(H,27,32)/t19-/m1/s1. The van der Waals surface area contributed by atoms with Gasteiger partial charge in [0, 0.05) is 48.7 Å². The van der Waals surface area contributed by atoms with Gasteiger partial charge in [-0.1, -0.05) is 48.9 Å². The molecular formula is C25H32ClN5O. The number of nitrogens with zero attached hydrogens (tertiary/aromatic N) is 4. The third kappa shape index (κ3) is 5.14. The molecule has 1 N–H and O–H groups in total. The van der Waals surface area contributed by atoms with E-state index in [4.69, 9.17) is 16.7 Å². The van der Waals surface area contributed by atoms with Gasteiger partial charge >= 0.3 is 0 Å². The average molecular weight is 454 g/mol. The number of amides is 1. The minimum atomic E-state index is -0.413. The van der Waals surface area contributed by atoms with Crippen molar-refractivity contribution in [1.29, 1.82) is 0 Å². The van der Waals surface area contributed by atoms with Crippen molar-refractivity contribution in [3.8, 4) is 11.3 Å². The predicted octanol–water partition coefficient (Wildman–Crippen LogP) is 4.06. The molecule has 2 aromatic carbocycles. The normalized spacial score (nSPS) is 16.3. The molecule has 1 saturated heterocycles. The van der Waals surface area contributed by atoms with Crippen LogP contribution in [0.2, 0.25) is 5.02 Å². The molecule has 1 aromatic heterocycles. The second-order valence-corrected chi connectivity index (χ2v) is 8.85. The van der Waals surface area contributed by atoms with Gasteiger partial charge in [-0.3, -0.25) is 9.48 Å². The lowest BCUT2D eigenvalue weighted by Gasteiger charge is -2.34. The number of fused-ring (bicyclic) bond motifs is 1. The fourth-order valence-electron chi connectivity index (χ4n) is 4.32. The highest BCUT2D eigenvalue weighted by Gasteiger charge is 2.21. The molecule has 0 saturated carbocycles. The molecule has 32 heavy (non-hydrogen) atoms. The smallest absolute Gasteiger partial charge is 0.244 e. The van der Waals surface area contributed by atoms with Crippen molar-refractivity contribution in [2.45, 2.75) is 26.3 Å². The van der Waals surface area contributed by atoms with Crippen molar-refractivity contribution >= 4 is 28.4 Å². The van der Waals surface area contributed by atoms with Crippen LogP contribution < -0.4 is 5.32 Å². The van der Waals surface area contributed by atoms with Gasteiger partial charge in [0.05, 0.1) is 5.52 Å². The minimum Gasteiger partial charge on any atom is -0.354 e. The van der Waals surface area contributed by atoms with Crippen molar-refractivity contribution in [3.63, 3.8) is 0 Å². The summed E-state index contributed by atoms with van der Waals surface area (Å²) in [6.07, 6.45) is 0.954. The van der Waals surface area contributed by atoms with E-state index in [2.05, 4.69) is 22.0 Å². The van der Waals surface area contributed by atoms with Gasteiger partial charge in [-0.15, -0.1) is 0 Å². The van der Waals surface area contributed by atoms with E-state index in [0.29, 0.717) is 11.6 Å². The lowest BCUT2D eigenvalue weighted by atomic mass is 10.1. The highest BCUT2D eigenvalue weighted by Crippen LogP contribution is 2.31. The van der Waals surface area contributed by atoms with Gasteiger partial charge in [0.15, 0.2) is 0 Å². The molecule has 1 atom stereocenters. The first-order valence-electron chi connectivity index (χ1n) is 11.5. The number of halogens is 1. The number of likely N-dealkylation sites (N-methyl/N-ethyl adjacent to an activating group) is 1. The molecule has 0 unspecified atom stereocenters. The van der Waals surface area contributed by atoms with Crippen LogP contribution in [-0.2, 0) is 4.79 Å². The third-order valence-electron chi connectivity index (χ3n) is 6.32. The number of carbonyl (C=O) groups is 1. The summed E-state index contributed by atoms with van der Waals surface area (Å²) < 4.78 is 1.81. The Morgan fingerprint density at radius 2 is 1.81 bits per heavy atom. The van der Waals surface area contributed by atoms with E-state index in [9.17, 15) is 4.79 Å². The van der Waals surface area contributed by atoms with E-state index >= 15 is 0 Å². The Kier molecular flexibility index (Phi) is 7.45. The third-order valence-corrected chi connectivity index (χ3v) is 6.56. The van der Waals surface area contributed by atoms with Crippen LogP contribution in [0.15, 0.2) is 48.5 Å². The van der Waals surface area contributed by atoms with E-state index in [1.165, 1.54) is 0 Å². The Bertz CT molecular complexity index is 1040. The van der Waals surface area contributed by atoms with Crippen LogP contribution in [0.1, 0.15) is 26.3 Å². The molecule has 7 heteroatoms. The number of piperazine rings is 1. The summed E-state index contributed by atoms with van der Waals surface area (Å²) in [5.41, 5.74) is 2.76. The molecule has 4 rings (SSSR count). The molecule has 1 aliphatic rings. The number of hydrogen-bond donors (Lipinski definition) is 1. The number of nitrogens with one attached hydrogen (secondary N) is 1. The molecule has 2 heterocycles. The molecule has 170 valence electrons. The zero-order valence-corrected chi connectivity index (χ0v) is 19.7. The van der Waals surface area contributed by atoms with Gasteiger partial charge in [-0.2, -0.15) is 5.10 Å². The molecule has 1 aliphatic heterocycles. The summed E-state index contributed by atoms with van der Waals surface area (Å²) in [4.78, 5) is 17.9. The first-order valence-corrected chi connectivity index (χ1v) is 11.9. The molecule has 1 amide bonds. The highest BCUT2D eigenvalue weighted by molar-refractivity contribution is 6.31. The van der Waals surface area contributed by atoms with Gasteiger partial charge < -0.3 is 15.1 Å². The summed E-state index contributed by atoms with van der Waals surface area (Å²) in [7, 11) is 0. The number of benzene rings is 2. The highest BCUT2D eigenvalue weighted by atomic mass is 35.5. The molecule has 1 fully saturated rings. The topological polar surface area (TPSA) is 53.4 Å². The average Bonchev–Trinajstić information content (AvgIpc) is 3.20. The number of hydrogen-bond acceptors (Lipinski definition) is 4. The van der Waals surface area contributed by atoms with Crippen molar-refractivity contribution in [2.24, 2.45) is 0 Å². The Morgan fingerprint density at radius 3 is 2.53 bits per heavy atom. The summed E-state index contributed by atoms with van der Waals surface area (Å²) in [6.45, 7) is 11.4. The zero-order chi connectivity index (χ0) is 22.5.